The van der Waals surface area contributed by atoms with E-state index in [4.69, 9.17) is 10.4 Å². The molecule has 0 bridgehead atoms. The smallest absolute Gasteiger partial charge is 0.240 e. The summed E-state index contributed by atoms with van der Waals surface area (Å²) in [6.45, 7) is 6.54. The van der Waals surface area contributed by atoms with Gasteiger partial charge in [-0.2, -0.15) is 5.26 Å². The molecule has 0 aliphatic heterocycles. The molecule has 1 amide bonds. The van der Waals surface area contributed by atoms with Crippen LogP contribution in [0.15, 0.2) is 0 Å². The van der Waals surface area contributed by atoms with Crippen molar-refractivity contribution >= 4 is 5.91 Å². The van der Waals surface area contributed by atoms with Crippen molar-refractivity contribution in [3.8, 4) is 6.07 Å². The first-order valence-electron chi connectivity index (χ1n) is 5.37. The summed E-state index contributed by atoms with van der Waals surface area (Å²) < 4.78 is 0. The first-order chi connectivity index (χ1) is 7.08. The van der Waals surface area contributed by atoms with Crippen molar-refractivity contribution in [1.82, 2.24) is 4.90 Å². The van der Waals surface area contributed by atoms with Crippen molar-refractivity contribution < 1.29 is 9.90 Å². The Morgan fingerprint density at radius 1 is 1.47 bits per heavy atom. The number of rotatable bonds is 6. The molecular weight excluding hydrogens is 192 g/mol. The Kier molecular flexibility index (Phi) is 6.72. The zero-order valence-electron chi connectivity index (χ0n) is 9.73. The summed E-state index contributed by atoms with van der Waals surface area (Å²) in [7, 11) is 0. The summed E-state index contributed by atoms with van der Waals surface area (Å²) in [4.78, 5) is 13.5. The average molecular weight is 212 g/mol. The molecule has 0 radical (unpaired) electrons. The Bertz CT molecular complexity index is 227. The van der Waals surface area contributed by atoms with Gasteiger partial charge in [-0.15, -0.1) is 0 Å². The van der Waals surface area contributed by atoms with Crippen molar-refractivity contribution in [3.05, 3.63) is 0 Å². The van der Waals surface area contributed by atoms with E-state index in [0.717, 1.165) is 6.42 Å². The van der Waals surface area contributed by atoms with Gasteiger partial charge in [0.25, 0.3) is 0 Å². The van der Waals surface area contributed by atoms with E-state index in [1.807, 2.05) is 26.8 Å². The van der Waals surface area contributed by atoms with Crippen LogP contribution in [0.1, 0.15) is 27.2 Å². The van der Waals surface area contributed by atoms with Crippen LogP contribution >= 0.6 is 0 Å². The van der Waals surface area contributed by atoms with Gasteiger partial charge in [-0.1, -0.05) is 20.8 Å². The molecule has 0 aromatic carbocycles. The largest absolute Gasteiger partial charge is 0.395 e. The lowest BCUT2D eigenvalue weighted by molar-refractivity contribution is -0.135. The second-order valence-corrected chi connectivity index (χ2v) is 3.90. The summed E-state index contributed by atoms with van der Waals surface area (Å²) in [5, 5.41) is 17.7. The molecular formula is C11H20N2O2. The van der Waals surface area contributed by atoms with Gasteiger partial charge in [0.2, 0.25) is 5.91 Å². The van der Waals surface area contributed by atoms with Gasteiger partial charge in [-0.3, -0.25) is 4.79 Å². The zero-order chi connectivity index (χ0) is 11.8. The number of aliphatic hydroxyl groups excluding tert-OH is 1. The van der Waals surface area contributed by atoms with E-state index in [1.54, 1.807) is 4.90 Å². The fourth-order valence-electron chi connectivity index (χ4n) is 1.41. The standard InChI is InChI=1S/C11H20N2O2/c1-4-5-13(6-7-14)11(15)10(8-12)9(2)3/h9-10,14H,4-7H2,1-3H3. The SMILES string of the molecule is CCCN(CCO)C(=O)C(C#N)C(C)C. The van der Waals surface area contributed by atoms with Crippen molar-refractivity contribution in [2.45, 2.75) is 27.2 Å². The Morgan fingerprint density at radius 3 is 2.40 bits per heavy atom. The third-order valence-electron chi connectivity index (χ3n) is 2.25. The third-order valence-corrected chi connectivity index (χ3v) is 2.25. The molecule has 0 aromatic heterocycles. The number of nitriles is 1. The van der Waals surface area contributed by atoms with E-state index in [-0.39, 0.29) is 18.4 Å². The van der Waals surface area contributed by atoms with E-state index >= 15 is 0 Å². The maximum Gasteiger partial charge on any atom is 0.240 e. The molecule has 0 aromatic rings. The highest BCUT2D eigenvalue weighted by Gasteiger charge is 2.26. The van der Waals surface area contributed by atoms with E-state index in [0.29, 0.717) is 13.1 Å². The molecule has 86 valence electrons. The van der Waals surface area contributed by atoms with E-state index in [1.165, 1.54) is 0 Å². The van der Waals surface area contributed by atoms with Crippen LogP contribution < -0.4 is 0 Å². The predicted molar refractivity (Wildman–Crippen MR) is 57.9 cm³/mol. The zero-order valence-corrected chi connectivity index (χ0v) is 9.73. The first kappa shape index (κ1) is 13.9. The van der Waals surface area contributed by atoms with Crippen LogP contribution in [0.4, 0.5) is 0 Å². The fourth-order valence-corrected chi connectivity index (χ4v) is 1.41. The molecule has 0 heterocycles. The molecule has 4 nitrogen and oxygen atoms in total. The van der Waals surface area contributed by atoms with Crippen LogP contribution in [0.2, 0.25) is 0 Å². The quantitative estimate of drug-likeness (QED) is 0.714. The summed E-state index contributed by atoms with van der Waals surface area (Å²) in [6, 6.07) is 2.03. The van der Waals surface area contributed by atoms with Crippen LogP contribution in [-0.2, 0) is 4.79 Å². The number of hydrogen-bond donors (Lipinski definition) is 1. The molecule has 1 N–H and O–H groups in total. The Morgan fingerprint density at radius 2 is 2.07 bits per heavy atom. The first-order valence-corrected chi connectivity index (χ1v) is 5.37. The van der Waals surface area contributed by atoms with Crippen LogP contribution in [0.3, 0.4) is 0 Å². The van der Waals surface area contributed by atoms with Gasteiger partial charge in [0.15, 0.2) is 0 Å². The molecule has 0 rings (SSSR count). The van der Waals surface area contributed by atoms with Gasteiger partial charge in [-0.25, -0.2) is 0 Å². The highest BCUT2D eigenvalue weighted by Crippen LogP contribution is 2.13. The molecule has 0 fully saturated rings. The van der Waals surface area contributed by atoms with Gasteiger partial charge in [-0.05, 0) is 12.3 Å². The van der Waals surface area contributed by atoms with Crippen LogP contribution in [0.5, 0.6) is 0 Å². The van der Waals surface area contributed by atoms with Gasteiger partial charge in [0.05, 0.1) is 12.7 Å². The maximum absolute atomic E-state index is 11.9. The molecule has 1 unspecified atom stereocenters. The summed E-state index contributed by atoms with van der Waals surface area (Å²) in [5.41, 5.74) is 0. The number of carbonyl (C=O) groups is 1. The van der Waals surface area contributed by atoms with Crippen LogP contribution in [-0.4, -0.2) is 35.6 Å². The minimum Gasteiger partial charge on any atom is -0.395 e. The van der Waals surface area contributed by atoms with Crippen molar-refractivity contribution in [1.29, 1.82) is 5.26 Å². The summed E-state index contributed by atoms with van der Waals surface area (Å²) >= 11 is 0. The number of nitrogens with zero attached hydrogens (tertiary/aromatic N) is 2. The van der Waals surface area contributed by atoms with Crippen molar-refractivity contribution in [2.24, 2.45) is 11.8 Å². The normalized spacial score (nSPS) is 12.3. The van der Waals surface area contributed by atoms with E-state index in [9.17, 15) is 4.79 Å². The minimum absolute atomic E-state index is 0.0144. The monoisotopic (exact) mass is 212 g/mol. The average Bonchev–Trinajstić information content (AvgIpc) is 2.17. The van der Waals surface area contributed by atoms with Gasteiger partial charge in [0.1, 0.15) is 5.92 Å². The van der Waals surface area contributed by atoms with Gasteiger partial charge < -0.3 is 10.0 Å². The molecule has 0 aliphatic rings. The number of aliphatic hydroxyl groups is 1. The maximum atomic E-state index is 11.9. The van der Waals surface area contributed by atoms with E-state index < -0.39 is 5.92 Å². The van der Waals surface area contributed by atoms with Crippen molar-refractivity contribution in [2.75, 3.05) is 19.7 Å². The molecule has 0 saturated carbocycles. The lowest BCUT2D eigenvalue weighted by Crippen LogP contribution is -2.39. The lowest BCUT2D eigenvalue weighted by Gasteiger charge is -2.24. The lowest BCUT2D eigenvalue weighted by atomic mass is 9.96. The molecule has 1 atom stereocenters. The van der Waals surface area contributed by atoms with Gasteiger partial charge in [0, 0.05) is 13.1 Å². The highest BCUT2D eigenvalue weighted by atomic mass is 16.3. The molecule has 15 heavy (non-hydrogen) atoms. The van der Waals surface area contributed by atoms with Crippen LogP contribution in [0.25, 0.3) is 0 Å². The van der Waals surface area contributed by atoms with Gasteiger partial charge >= 0.3 is 0 Å². The fraction of sp³-hybridized carbons (Fsp3) is 0.818. The molecule has 0 saturated heterocycles. The Hall–Kier alpha value is -1.08. The third kappa shape index (κ3) is 4.30. The highest BCUT2D eigenvalue weighted by molar-refractivity contribution is 5.81. The molecule has 0 aliphatic carbocycles. The summed E-state index contributed by atoms with van der Waals surface area (Å²) in [6.07, 6.45) is 0.835. The summed E-state index contributed by atoms with van der Waals surface area (Å²) in [5.74, 6) is -0.743. The number of amides is 1. The van der Waals surface area contributed by atoms with E-state index in [2.05, 4.69) is 0 Å². The number of hydrogen-bond acceptors (Lipinski definition) is 3. The molecule has 0 spiro atoms. The minimum atomic E-state index is -0.594. The second kappa shape index (κ2) is 7.24. The predicted octanol–water partition coefficient (Wildman–Crippen LogP) is 1.01. The Balaban J connectivity index is 4.53. The second-order valence-electron chi connectivity index (χ2n) is 3.90. The topological polar surface area (TPSA) is 64.3 Å². The van der Waals surface area contributed by atoms with Crippen molar-refractivity contribution in [3.63, 3.8) is 0 Å². The number of carbonyl (C=O) groups excluding carboxylic acids is 1. The molecule has 4 heteroatoms. The van der Waals surface area contributed by atoms with Crippen LogP contribution in [0, 0.1) is 23.2 Å². The Labute approximate surface area is 91.5 Å².